The molecule has 1 saturated heterocycles. The first-order valence-electron chi connectivity index (χ1n) is 6.43. The van der Waals surface area contributed by atoms with Crippen LogP contribution in [0.1, 0.15) is 39.5 Å². The third-order valence-corrected chi connectivity index (χ3v) is 3.81. The number of fused-ring (bicyclic) bond motifs is 1. The average molecular weight is 234 g/mol. The van der Waals surface area contributed by atoms with Crippen LogP contribution in [-0.2, 0) is 4.74 Å². The standard InChI is InChI=1S/C15H22O2/c1-10-5-4-6-11(2)9-14-13(8-7-10)12(3)15(16)17-14/h5,9,13-16H,3-4,6-8H2,1-2H3/b10-5+,11-9+/t13-,14+,15-/m0/s1. The van der Waals surface area contributed by atoms with Crippen LogP contribution in [0.15, 0.2) is 35.5 Å². The molecule has 2 heteroatoms. The van der Waals surface area contributed by atoms with Gasteiger partial charge in [-0.05, 0) is 45.1 Å². The van der Waals surface area contributed by atoms with E-state index < -0.39 is 6.29 Å². The second-order valence-electron chi connectivity index (χ2n) is 5.28. The van der Waals surface area contributed by atoms with Crippen molar-refractivity contribution < 1.29 is 9.84 Å². The van der Waals surface area contributed by atoms with E-state index in [0.717, 1.165) is 31.3 Å². The van der Waals surface area contributed by atoms with Crippen molar-refractivity contribution >= 4 is 0 Å². The van der Waals surface area contributed by atoms with E-state index in [1.54, 1.807) is 0 Å². The molecule has 0 unspecified atom stereocenters. The molecule has 1 fully saturated rings. The molecule has 0 saturated carbocycles. The van der Waals surface area contributed by atoms with Crippen molar-refractivity contribution in [2.45, 2.75) is 51.9 Å². The normalized spacial score (nSPS) is 41.1. The van der Waals surface area contributed by atoms with Crippen LogP contribution in [0.4, 0.5) is 0 Å². The molecule has 2 aliphatic rings. The molecule has 94 valence electrons. The third-order valence-electron chi connectivity index (χ3n) is 3.81. The van der Waals surface area contributed by atoms with Gasteiger partial charge in [0.15, 0.2) is 6.29 Å². The molecule has 3 atom stereocenters. The lowest BCUT2D eigenvalue weighted by atomic mass is 9.88. The zero-order valence-corrected chi connectivity index (χ0v) is 10.8. The summed E-state index contributed by atoms with van der Waals surface area (Å²) in [6.45, 7) is 8.29. The summed E-state index contributed by atoms with van der Waals surface area (Å²) >= 11 is 0. The van der Waals surface area contributed by atoms with Gasteiger partial charge in [-0.2, -0.15) is 0 Å². The van der Waals surface area contributed by atoms with Crippen LogP contribution in [0.25, 0.3) is 0 Å². The van der Waals surface area contributed by atoms with E-state index in [0.29, 0.717) is 0 Å². The fourth-order valence-corrected chi connectivity index (χ4v) is 2.63. The van der Waals surface area contributed by atoms with E-state index in [9.17, 15) is 5.11 Å². The molecule has 0 amide bonds. The van der Waals surface area contributed by atoms with E-state index in [1.807, 2.05) is 0 Å². The van der Waals surface area contributed by atoms with E-state index >= 15 is 0 Å². The van der Waals surface area contributed by atoms with Crippen molar-refractivity contribution in [3.8, 4) is 0 Å². The summed E-state index contributed by atoms with van der Waals surface area (Å²) in [5, 5.41) is 9.74. The fourth-order valence-electron chi connectivity index (χ4n) is 2.63. The predicted molar refractivity (Wildman–Crippen MR) is 69.5 cm³/mol. The second-order valence-corrected chi connectivity index (χ2v) is 5.28. The van der Waals surface area contributed by atoms with Gasteiger partial charge in [0, 0.05) is 5.92 Å². The van der Waals surface area contributed by atoms with Gasteiger partial charge >= 0.3 is 0 Å². The predicted octanol–water partition coefficient (Wildman–Crippen LogP) is 3.34. The maximum absolute atomic E-state index is 9.74. The number of aliphatic hydroxyl groups is 1. The van der Waals surface area contributed by atoms with Crippen LogP contribution in [-0.4, -0.2) is 17.5 Å². The Morgan fingerprint density at radius 1 is 1.29 bits per heavy atom. The van der Waals surface area contributed by atoms with E-state index in [1.165, 1.54) is 11.1 Å². The maximum atomic E-state index is 9.74. The minimum Gasteiger partial charge on any atom is -0.364 e. The topological polar surface area (TPSA) is 29.5 Å². The Morgan fingerprint density at radius 3 is 2.82 bits per heavy atom. The van der Waals surface area contributed by atoms with Gasteiger partial charge in [0.2, 0.25) is 0 Å². The summed E-state index contributed by atoms with van der Waals surface area (Å²) in [5.41, 5.74) is 3.62. The van der Waals surface area contributed by atoms with Crippen molar-refractivity contribution in [3.05, 3.63) is 35.5 Å². The van der Waals surface area contributed by atoms with E-state index in [2.05, 4.69) is 32.6 Å². The van der Waals surface area contributed by atoms with Gasteiger partial charge in [-0.1, -0.05) is 29.9 Å². The van der Waals surface area contributed by atoms with Crippen LogP contribution in [0.2, 0.25) is 0 Å². The number of ether oxygens (including phenoxy) is 1. The Morgan fingerprint density at radius 2 is 2.06 bits per heavy atom. The SMILES string of the molecule is C=C1[C@@H](O)O[C@@H]2/C=C(\C)CC/C=C(\C)CC[C@@H]12. The van der Waals surface area contributed by atoms with Gasteiger partial charge in [0.05, 0.1) is 6.10 Å². The fraction of sp³-hybridized carbons (Fsp3) is 0.600. The highest BCUT2D eigenvalue weighted by Crippen LogP contribution is 2.36. The summed E-state index contributed by atoms with van der Waals surface area (Å²) < 4.78 is 5.58. The summed E-state index contributed by atoms with van der Waals surface area (Å²) in [6.07, 6.45) is 8.01. The Bertz CT molecular complexity index is 365. The van der Waals surface area contributed by atoms with Crippen molar-refractivity contribution in [2.24, 2.45) is 5.92 Å². The zero-order chi connectivity index (χ0) is 12.4. The summed E-state index contributed by atoms with van der Waals surface area (Å²) in [6, 6.07) is 0. The van der Waals surface area contributed by atoms with Crippen LogP contribution in [0, 0.1) is 5.92 Å². The van der Waals surface area contributed by atoms with Crippen molar-refractivity contribution in [1.82, 2.24) is 0 Å². The molecule has 1 N–H and O–H groups in total. The largest absolute Gasteiger partial charge is 0.364 e. The molecular formula is C15H22O2. The third kappa shape index (κ3) is 2.88. The lowest BCUT2D eigenvalue weighted by Crippen LogP contribution is -2.15. The second kappa shape index (κ2) is 5.19. The van der Waals surface area contributed by atoms with Crippen molar-refractivity contribution in [3.63, 3.8) is 0 Å². The number of hydrogen-bond donors (Lipinski definition) is 1. The van der Waals surface area contributed by atoms with Gasteiger partial charge in [-0.3, -0.25) is 0 Å². The molecule has 2 rings (SSSR count). The van der Waals surface area contributed by atoms with E-state index in [4.69, 9.17) is 4.74 Å². The Hall–Kier alpha value is -0.860. The van der Waals surface area contributed by atoms with Crippen molar-refractivity contribution in [1.29, 1.82) is 0 Å². The zero-order valence-electron chi connectivity index (χ0n) is 10.8. The molecule has 1 aliphatic heterocycles. The molecule has 1 aliphatic carbocycles. The number of allylic oxidation sites excluding steroid dienone is 3. The van der Waals surface area contributed by atoms with E-state index in [-0.39, 0.29) is 12.0 Å². The Kier molecular flexibility index (Phi) is 3.85. The van der Waals surface area contributed by atoms with Crippen molar-refractivity contribution in [2.75, 3.05) is 0 Å². The lowest BCUT2D eigenvalue weighted by molar-refractivity contribution is -0.0650. The molecule has 0 aromatic heterocycles. The molecule has 0 spiro atoms. The van der Waals surface area contributed by atoms with Crippen LogP contribution in [0.5, 0.6) is 0 Å². The molecule has 2 nitrogen and oxygen atoms in total. The minimum absolute atomic E-state index is 0.0170. The monoisotopic (exact) mass is 234 g/mol. The molecule has 17 heavy (non-hydrogen) atoms. The average Bonchev–Trinajstić information content (AvgIpc) is 2.52. The first kappa shape index (κ1) is 12.6. The number of rotatable bonds is 0. The van der Waals surface area contributed by atoms with Crippen LogP contribution >= 0.6 is 0 Å². The van der Waals surface area contributed by atoms with Gasteiger partial charge < -0.3 is 9.84 Å². The maximum Gasteiger partial charge on any atom is 0.177 e. The summed E-state index contributed by atoms with van der Waals surface area (Å²) in [4.78, 5) is 0. The Balaban J connectivity index is 2.21. The molecule has 0 aromatic carbocycles. The molecule has 0 aromatic rings. The first-order valence-corrected chi connectivity index (χ1v) is 6.43. The number of hydrogen-bond acceptors (Lipinski definition) is 2. The molecule has 1 heterocycles. The van der Waals surface area contributed by atoms with Crippen LogP contribution in [0.3, 0.4) is 0 Å². The minimum atomic E-state index is -0.779. The molecular weight excluding hydrogens is 212 g/mol. The van der Waals surface area contributed by atoms with Gasteiger partial charge in [-0.15, -0.1) is 0 Å². The van der Waals surface area contributed by atoms with Gasteiger partial charge in [0.25, 0.3) is 0 Å². The summed E-state index contributed by atoms with van der Waals surface area (Å²) in [7, 11) is 0. The smallest absolute Gasteiger partial charge is 0.177 e. The van der Waals surface area contributed by atoms with Gasteiger partial charge in [-0.25, -0.2) is 0 Å². The molecule has 0 radical (unpaired) electrons. The quantitative estimate of drug-likeness (QED) is 0.651. The highest BCUT2D eigenvalue weighted by atomic mass is 16.6. The summed E-state index contributed by atoms with van der Waals surface area (Å²) in [5.74, 6) is 0.265. The first-order chi connectivity index (χ1) is 8.08. The highest BCUT2D eigenvalue weighted by molar-refractivity contribution is 5.20. The van der Waals surface area contributed by atoms with Gasteiger partial charge in [0.1, 0.15) is 0 Å². The number of aliphatic hydroxyl groups excluding tert-OH is 1. The lowest BCUT2D eigenvalue weighted by Gasteiger charge is -2.18. The Labute approximate surface area is 104 Å². The highest BCUT2D eigenvalue weighted by Gasteiger charge is 2.36. The van der Waals surface area contributed by atoms with Crippen LogP contribution < -0.4 is 0 Å². The molecule has 0 bridgehead atoms.